The fraction of sp³-hybridized carbons (Fsp3) is 0.900. The van der Waals surface area contributed by atoms with Crippen LogP contribution in [0.4, 0.5) is 0 Å². The third-order valence-corrected chi connectivity index (χ3v) is 2.74. The molecule has 0 aromatic rings. The highest BCUT2D eigenvalue weighted by atomic mass is 16.3. The average molecular weight is 216 g/mol. The zero-order chi connectivity index (χ0) is 11.1. The fourth-order valence-corrected chi connectivity index (χ4v) is 1.78. The van der Waals surface area contributed by atoms with Crippen LogP contribution in [0.25, 0.3) is 0 Å². The highest BCUT2D eigenvalue weighted by molar-refractivity contribution is 5.76. The van der Waals surface area contributed by atoms with E-state index in [1.54, 1.807) is 0 Å². The Kier molecular flexibility index (Phi) is 5.60. The molecule has 1 rings (SSSR count). The van der Waals surface area contributed by atoms with Crippen molar-refractivity contribution < 1.29 is 15.0 Å². The van der Waals surface area contributed by atoms with Gasteiger partial charge in [0.15, 0.2) is 0 Å². The Morgan fingerprint density at radius 3 is 2.47 bits per heavy atom. The van der Waals surface area contributed by atoms with E-state index in [0.717, 1.165) is 25.9 Å². The van der Waals surface area contributed by atoms with Crippen molar-refractivity contribution in [1.82, 2.24) is 10.6 Å². The second-order valence-corrected chi connectivity index (χ2v) is 4.03. The van der Waals surface area contributed by atoms with Crippen molar-refractivity contribution in [1.29, 1.82) is 0 Å². The molecule has 0 aliphatic carbocycles. The minimum absolute atomic E-state index is 0.0741. The smallest absolute Gasteiger partial charge is 0.220 e. The van der Waals surface area contributed by atoms with Crippen molar-refractivity contribution in [2.24, 2.45) is 5.92 Å². The van der Waals surface area contributed by atoms with Crippen LogP contribution < -0.4 is 10.6 Å². The van der Waals surface area contributed by atoms with Gasteiger partial charge in [-0.1, -0.05) is 0 Å². The van der Waals surface area contributed by atoms with Gasteiger partial charge in [-0.2, -0.15) is 0 Å². The number of aliphatic hydroxyl groups excluding tert-OH is 2. The van der Waals surface area contributed by atoms with E-state index in [-0.39, 0.29) is 19.1 Å². The van der Waals surface area contributed by atoms with Crippen LogP contribution in [0.2, 0.25) is 0 Å². The zero-order valence-electron chi connectivity index (χ0n) is 8.91. The molecule has 5 nitrogen and oxygen atoms in total. The fourth-order valence-electron chi connectivity index (χ4n) is 1.78. The lowest BCUT2D eigenvalue weighted by Crippen LogP contribution is -2.41. The maximum atomic E-state index is 11.5. The number of carbonyl (C=O) groups excluding carboxylic acids is 1. The third-order valence-electron chi connectivity index (χ3n) is 2.74. The van der Waals surface area contributed by atoms with Crippen LogP contribution in [0.15, 0.2) is 0 Å². The molecule has 1 fully saturated rings. The van der Waals surface area contributed by atoms with Crippen molar-refractivity contribution in [3.8, 4) is 0 Å². The lowest BCUT2D eigenvalue weighted by atomic mass is 9.94. The lowest BCUT2D eigenvalue weighted by Gasteiger charge is -2.23. The normalized spacial score (nSPS) is 18.1. The van der Waals surface area contributed by atoms with E-state index in [0.29, 0.717) is 12.3 Å². The van der Waals surface area contributed by atoms with Gasteiger partial charge in [0.2, 0.25) is 5.91 Å². The number of aliphatic hydroxyl groups is 2. The van der Waals surface area contributed by atoms with Gasteiger partial charge in [-0.15, -0.1) is 0 Å². The van der Waals surface area contributed by atoms with E-state index < -0.39 is 6.04 Å². The molecule has 1 saturated heterocycles. The van der Waals surface area contributed by atoms with Crippen molar-refractivity contribution in [2.45, 2.75) is 25.3 Å². The van der Waals surface area contributed by atoms with E-state index in [2.05, 4.69) is 10.6 Å². The predicted octanol–water partition coefficient (Wildman–Crippen LogP) is -1.15. The van der Waals surface area contributed by atoms with Crippen molar-refractivity contribution in [2.75, 3.05) is 26.3 Å². The molecule has 0 saturated carbocycles. The van der Waals surface area contributed by atoms with Gasteiger partial charge in [0, 0.05) is 6.42 Å². The van der Waals surface area contributed by atoms with Crippen LogP contribution in [-0.4, -0.2) is 48.5 Å². The van der Waals surface area contributed by atoms with Crippen LogP contribution in [0.3, 0.4) is 0 Å². The zero-order valence-corrected chi connectivity index (χ0v) is 8.91. The van der Waals surface area contributed by atoms with E-state index in [4.69, 9.17) is 10.2 Å². The van der Waals surface area contributed by atoms with E-state index in [1.165, 1.54) is 0 Å². The second kappa shape index (κ2) is 6.76. The summed E-state index contributed by atoms with van der Waals surface area (Å²) in [5.74, 6) is 0.360. The van der Waals surface area contributed by atoms with Gasteiger partial charge >= 0.3 is 0 Å². The molecule has 0 aromatic carbocycles. The number of amides is 1. The molecule has 1 heterocycles. The highest BCUT2D eigenvalue weighted by Gasteiger charge is 2.18. The predicted molar refractivity (Wildman–Crippen MR) is 56.3 cm³/mol. The molecule has 88 valence electrons. The molecular weight excluding hydrogens is 196 g/mol. The second-order valence-electron chi connectivity index (χ2n) is 4.03. The molecule has 1 aliphatic rings. The Balaban J connectivity index is 2.21. The number of carbonyl (C=O) groups is 1. The summed E-state index contributed by atoms with van der Waals surface area (Å²) in [6.45, 7) is 1.52. The molecule has 0 aromatic heterocycles. The molecule has 0 unspecified atom stereocenters. The van der Waals surface area contributed by atoms with Crippen molar-refractivity contribution in [3.63, 3.8) is 0 Å². The Hall–Kier alpha value is -0.650. The standard InChI is InChI=1S/C10H20N2O3/c13-6-9(7-14)12-10(15)5-8-1-3-11-4-2-8/h8-9,11,13-14H,1-7H2,(H,12,15). The van der Waals surface area contributed by atoms with E-state index >= 15 is 0 Å². The van der Waals surface area contributed by atoms with Crippen LogP contribution in [0.1, 0.15) is 19.3 Å². The molecule has 0 radical (unpaired) electrons. The Bertz CT molecular complexity index is 189. The summed E-state index contributed by atoms with van der Waals surface area (Å²) in [5, 5.41) is 23.4. The van der Waals surface area contributed by atoms with Crippen LogP contribution in [0.5, 0.6) is 0 Å². The third kappa shape index (κ3) is 4.59. The molecule has 0 atom stereocenters. The maximum Gasteiger partial charge on any atom is 0.220 e. The van der Waals surface area contributed by atoms with Gasteiger partial charge in [0.05, 0.1) is 19.3 Å². The Morgan fingerprint density at radius 1 is 1.33 bits per heavy atom. The quantitative estimate of drug-likeness (QED) is 0.467. The Morgan fingerprint density at radius 2 is 1.93 bits per heavy atom. The average Bonchev–Trinajstić information content (AvgIpc) is 2.27. The van der Waals surface area contributed by atoms with E-state index in [9.17, 15) is 4.79 Å². The molecule has 5 heteroatoms. The van der Waals surface area contributed by atoms with Crippen molar-refractivity contribution >= 4 is 5.91 Å². The molecule has 4 N–H and O–H groups in total. The number of hydrogen-bond acceptors (Lipinski definition) is 4. The van der Waals surface area contributed by atoms with Gasteiger partial charge in [-0.3, -0.25) is 4.79 Å². The highest BCUT2D eigenvalue weighted by Crippen LogP contribution is 2.15. The largest absolute Gasteiger partial charge is 0.394 e. The topological polar surface area (TPSA) is 81.6 Å². The monoisotopic (exact) mass is 216 g/mol. The van der Waals surface area contributed by atoms with Gasteiger partial charge in [-0.05, 0) is 31.8 Å². The van der Waals surface area contributed by atoms with Crippen LogP contribution in [0, 0.1) is 5.92 Å². The van der Waals surface area contributed by atoms with Crippen LogP contribution >= 0.6 is 0 Å². The number of nitrogens with one attached hydrogen (secondary N) is 2. The van der Waals surface area contributed by atoms with Gasteiger partial charge < -0.3 is 20.8 Å². The first kappa shape index (κ1) is 12.4. The number of hydrogen-bond donors (Lipinski definition) is 4. The first-order valence-electron chi connectivity index (χ1n) is 5.48. The summed E-state index contributed by atoms with van der Waals surface area (Å²) in [7, 11) is 0. The SMILES string of the molecule is O=C(CC1CCNCC1)NC(CO)CO. The lowest BCUT2D eigenvalue weighted by molar-refractivity contribution is -0.123. The van der Waals surface area contributed by atoms with E-state index in [1.807, 2.05) is 0 Å². The summed E-state index contributed by atoms with van der Waals surface area (Å²) in [6.07, 6.45) is 2.55. The summed E-state index contributed by atoms with van der Waals surface area (Å²) in [4.78, 5) is 11.5. The molecular formula is C10H20N2O3. The summed E-state index contributed by atoms with van der Waals surface area (Å²) < 4.78 is 0. The molecule has 15 heavy (non-hydrogen) atoms. The Labute approximate surface area is 89.9 Å². The maximum absolute atomic E-state index is 11.5. The summed E-state index contributed by atoms with van der Waals surface area (Å²) >= 11 is 0. The van der Waals surface area contributed by atoms with Gasteiger partial charge in [0.25, 0.3) is 0 Å². The minimum Gasteiger partial charge on any atom is -0.394 e. The first-order valence-corrected chi connectivity index (χ1v) is 5.48. The minimum atomic E-state index is -0.515. The molecule has 0 spiro atoms. The summed E-state index contributed by atoms with van der Waals surface area (Å²) in [5.41, 5.74) is 0. The molecule has 0 bridgehead atoms. The van der Waals surface area contributed by atoms with Gasteiger partial charge in [-0.25, -0.2) is 0 Å². The number of rotatable bonds is 5. The first-order chi connectivity index (χ1) is 7.26. The van der Waals surface area contributed by atoms with Crippen molar-refractivity contribution in [3.05, 3.63) is 0 Å². The van der Waals surface area contributed by atoms with Gasteiger partial charge in [0.1, 0.15) is 0 Å². The molecule has 1 aliphatic heterocycles. The summed E-state index contributed by atoms with van der Waals surface area (Å²) in [6, 6.07) is -0.515. The molecule has 1 amide bonds. The number of piperidine rings is 1. The van der Waals surface area contributed by atoms with Crippen LogP contribution in [-0.2, 0) is 4.79 Å².